The molecule has 0 aromatic heterocycles. The van der Waals surface area contributed by atoms with Crippen molar-refractivity contribution in [3.8, 4) is 5.75 Å². The van der Waals surface area contributed by atoms with Crippen LogP contribution < -0.4 is 10.6 Å². The fraction of sp³-hybridized carbons (Fsp3) is 0.611. The predicted octanol–water partition coefficient (Wildman–Crippen LogP) is 8.71. The summed E-state index contributed by atoms with van der Waals surface area (Å²) in [5, 5.41) is 17.7. The van der Waals surface area contributed by atoms with Crippen molar-refractivity contribution in [1.29, 1.82) is 0 Å². The highest BCUT2D eigenvalue weighted by Crippen LogP contribution is 2.39. The van der Waals surface area contributed by atoms with E-state index < -0.39 is 0 Å². The van der Waals surface area contributed by atoms with E-state index in [0.29, 0.717) is 23.6 Å². The Morgan fingerprint density at radius 3 is 2.26 bits per heavy atom. The van der Waals surface area contributed by atoms with Crippen LogP contribution in [0, 0.1) is 18.8 Å². The number of phenolic OH excluding ortho intramolecular Hbond substituents is 1. The first-order valence-corrected chi connectivity index (χ1v) is 15.9. The number of aromatic hydroxyl groups is 1. The van der Waals surface area contributed by atoms with Gasteiger partial charge in [-0.1, -0.05) is 79.0 Å². The number of likely N-dealkylation sites (N-methyl/N-ethyl adjacent to an activating group) is 1. The lowest BCUT2D eigenvalue weighted by Crippen LogP contribution is -2.42. The number of nitrogens with one attached hydrogen (secondary N) is 2. The molecule has 2 aromatic carbocycles. The molecule has 3 rings (SSSR count). The molecule has 3 N–H and O–H groups in total. The van der Waals surface area contributed by atoms with Gasteiger partial charge in [0, 0.05) is 18.8 Å². The highest BCUT2D eigenvalue weighted by Gasteiger charge is 2.30. The summed E-state index contributed by atoms with van der Waals surface area (Å²) < 4.78 is 0. The van der Waals surface area contributed by atoms with E-state index >= 15 is 0 Å². The first kappa shape index (κ1) is 31.3. The molecule has 0 fully saturated rings. The Labute approximate surface area is 239 Å². The van der Waals surface area contributed by atoms with E-state index in [1.54, 1.807) is 28.3 Å². The smallest absolute Gasteiger partial charge is 0.116 e. The topological polar surface area (TPSA) is 44.3 Å². The fourth-order valence-corrected chi connectivity index (χ4v) is 7.24. The van der Waals surface area contributed by atoms with Gasteiger partial charge in [0.1, 0.15) is 5.75 Å². The van der Waals surface area contributed by atoms with Crippen LogP contribution in [0.5, 0.6) is 5.75 Å². The van der Waals surface area contributed by atoms with Crippen molar-refractivity contribution < 1.29 is 5.11 Å². The lowest BCUT2D eigenvalue weighted by molar-refractivity contribution is 0.243. The van der Waals surface area contributed by atoms with Gasteiger partial charge in [-0.15, -0.1) is 0 Å². The van der Waals surface area contributed by atoms with Gasteiger partial charge in [-0.2, -0.15) is 0 Å². The summed E-state index contributed by atoms with van der Waals surface area (Å²) in [4.78, 5) is 0. The molecule has 216 valence electrons. The van der Waals surface area contributed by atoms with Crippen molar-refractivity contribution >= 4 is 5.57 Å². The standard InChI is InChI=1S/C36H56N2O/c1-9-14-29-20-27(12-4)28(13-5)21-33(29)25(7)19-30(26(10-2)11-3)22-35-36(37-8)32(17-18-38-35)34-23-31(39)16-15-24(34)6/h15-16,20-21,23,25-26,30,35,37-39H,9-14,17-19,22H2,1-8H3. The molecular formula is C36H56N2O. The van der Waals surface area contributed by atoms with E-state index in [9.17, 15) is 5.11 Å². The van der Waals surface area contributed by atoms with Crippen LogP contribution in [0.3, 0.4) is 0 Å². The SMILES string of the molecule is CCCc1cc(CC)c(CC)cc1C(C)CC(CC1NCCC(c2cc(O)ccc2C)=C1NC)C(CC)CC. The minimum absolute atomic E-state index is 0.307. The van der Waals surface area contributed by atoms with Gasteiger partial charge in [-0.05, 0) is 121 Å². The summed E-state index contributed by atoms with van der Waals surface area (Å²) in [6.45, 7) is 17.3. The van der Waals surface area contributed by atoms with E-state index in [2.05, 4.69) is 78.3 Å². The quantitative estimate of drug-likeness (QED) is 0.228. The van der Waals surface area contributed by atoms with E-state index in [-0.39, 0.29) is 0 Å². The maximum absolute atomic E-state index is 10.3. The van der Waals surface area contributed by atoms with Gasteiger partial charge >= 0.3 is 0 Å². The Balaban J connectivity index is 1.96. The monoisotopic (exact) mass is 532 g/mol. The molecule has 0 radical (unpaired) electrons. The van der Waals surface area contributed by atoms with Crippen LogP contribution in [0.2, 0.25) is 0 Å². The maximum atomic E-state index is 10.3. The van der Waals surface area contributed by atoms with Gasteiger partial charge in [0.2, 0.25) is 0 Å². The number of benzene rings is 2. The van der Waals surface area contributed by atoms with Crippen molar-refractivity contribution in [2.24, 2.45) is 11.8 Å². The average Bonchev–Trinajstić information content (AvgIpc) is 2.94. The van der Waals surface area contributed by atoms with Gasteiger partial charge in [-0.25, -0.2) is 0 Å². The highest BCUT2D eigenvalue weighted by molar-refractivity contribution is 5.73. The van der Waals surface area contributed by atoms with Gasteiger partial charge < -0.3 is 15.7 Å². The molecule has 1 heterocycles. The van der Waals surface area contributed by atoms with Crippen LogP contribution in [-0.2, 0) is 19.3 Å². The molecule has 0 bridgehead atoms. The summed E-state index contributed by atoms with van der Waals surface area (Å²) in [5.74, 6) is 2.26. The first-order valence-electron chi connectivity index (χ1n) is 15.9. The lowest BCUT2D eigenvalue weighted by Gasteiger charge is -2.36. The summed E-state index contributed by atoms with van der Waals surface area (Å²) in [7, 11) is 2.07. The van der Waals surface area contributed by atoms with Crippen molar-refractivity contribution in [3.05, 3.63) is 69.4 Å². The minimum atomic E-state index is 0.307. The molecule has 2 aromatic rings. The molecule has 3 unspecified atom stereocenters. The van der Waals surface area contributed by atoms with Crippen LogP contribution in [0.1, 0.15) is 119 Å². The molecule has 0 saturated carbocycles. The van der Waals surface area contributed by atoms with E-state index in [1.165, 1.54) is 54.5 Å². The number of hydrogen-bond acceptors (Lipinski definition) is 3. The molecular weight excluding hydrogens is 476 g/mol. The molecule has 39 heavy (non-hydrogen) atoms. The first-order chi connectivity index (χ1) is 18.8. The summed E-state index contributed by atoms with van der Waals surface area (Å²) in [6, 6.07) is 11.2. The zero-order chi connectivity index (χ0) is 28.5. The van der Waals surface area contributed by atoms with Crippen LogP contribution in [0.4, 0.5) is 0 Å². The Kier molecular flexibility index (Phi) is 12.0. The van der Waals surface area contributed by atoms with Crippen molar-refractivity contribution in [2.75, 3.05) is 13.6 Å². The molecule has 0 saturated heterocycles. The van der Waals surface area contributed by atoms with E-state index in [1.807, 2.05) is 12.1 Å². The summed E-state index contributed by atoms with van der Waals surface area (Å²) in [5.41, 5.74) is 11.3. The zero-order valence-corrected chi connectivity index (χ0v) is 26.2. The normalized spacial score (nSPS) is 17.5. The van der Waals surface area contributed by atoms with Crippen molar-refractivity contribution in [1.82, 2.24) is 10.6 Å². The van der Waals surface area contributed by atoms with E-state index in [4.69, 9.17) is 0 Å². The van der Waals surface area contributed by atoms with Crippen LogP contribution in [0.25, 0.3) is 5.57 Å². The Morgan fingerprint density at radius 1 is 0.949 bits per heavy atom. The van der Waals surface area contributed by atoms with Crippen LogP contribution in [-0.4, -0.2) is 24.7 Å². The second kappa shape index (κ2) is 14.9. The molecule has 3 nitrogen and oxygen atoms in total. The average molecular weight is 533 g/mol. The molecule has 0 amide bonds. The van der Waals surface area contributed by atoms with Crippen molar-refractivity contribution in [3.63, 3.8) is 0 Å². The minimum Gasteiger partial charge on any atom is -0.508 e. The maximum Gasteiger partial charge on any atom is 0.116 e. The fourth-order valence-electron chi connectivity index (χ4n) is 7.24. The van der Waals surface area contributed by atoms with Gasteiger partial charge in [0.15, 0.2) is 0 Å². The van der Waals surface area contributed by atoms with E-state index in [0.717, 1.165) is 38.1 Å². The van der Waals surface area contributed by atoms with Gasteiger partial charge in [0.25, 0.3) is 0 Å². The second-order valence-electron chi connectivity index (χ2n) is 11.9. The number of rotatable bonds is 14. The number of hydrogen-bond donors (Lipinski definition) is 3. The Morgan fingerprint density at radius 2 is 1.64 bits per heavy atom. The highest BCUT2D eigenvalue weighted by atomic mass is 16.3. The van der Waals surface area contributed by atoms with Crippen LogP contribution >= 0.6 is 0 Å². The van der Waals surface area contributed by atoms with Crippen molar-refractivity contribution in [2.45, 2.75) is 118 Å². The third-order valence-electron chi connectivity index (χ3n) is 9.44. The summed E-state index contributed by atoms with van der Waals surface area (Å²) in [6.07, 6.45) is 10.4. The third kappa shape index (κ3) is 7.48. The number of aryl methyl sites for hydroxylation is 4. The molecule has 3 atom stereocenters. The molecule has 0 aliphatic carbocycles. The summed E-state index contributed by atoms with van der Waals surface area (Å²) >= 11 is 0. The van der Waals surface area contributed by atoms with Gasteiger partial charge in [0.05, 0.1) is 0 Å². The largest absolute Gasteiger partial charge is 0.508 e. The second-order valence-corrected chi connectivity index (χ2v) is 11.9. The Hall–Kier alpha value is -2.26. The van der Waals surface area contributed by atoms with Crippen LogP contribution in [0.15, 0.2) is 36.0 Å². The lowest BCUT2D eigenvalue weighted by atomic mass is 9.74. The molecule has 1 aliphatic heterocycles. The third-order valence-corrected chi connectivity index (χ3v) is 9.44. The molecule has 3 heteroatoms. The zero-order valence-electron chi connectivity index (χ0n) is 26.2. The Bertz CT molecular complexity index is 1100. The molecule has 0 spiro atoms. The number of phenols is 1. The predicted molar refractivity (Wildman–Crippen MR) is 170 cm³/mol. The molecule has 1 aliphatic rings. The van der Waals surface area contributed by atoms with Gasteiger partial charge in [-0.3, -0.25) is 0 Å².